The van der Waals surface area contributed by atoms with Gasteiger partial charge in [-0.15, -0.1) is 20.5 Å². The second-order valence-electron chi connectivity index (χ2n) is 11.9. The van der Waals surface area contributed by atoms with Crippen molar-refractivity contribution in [2.24, 2.45) is 34.6 Å². The standard InChI is InChI=1S/C35H27Cl2N17O/c1-17-24(45-47-31-21(16-38)22(27(36)51(31)4)19-12-8-6-9-13-19)29(39)53(49-17)33-42-34(44-35(55)43-33)54-30(40)25(18(2)50-54)46-48-32-26(41-3)23(28(37)52(32)5)20-14-10-7-11-15-20/h6-15H,39-40H2,1-2,4-5H3,(H,42,43,44,55). The molecule has 0 aliphatic heterocycles. The normalized spacial score (nSPS) is 11.5. The third-order valence-corrected chi connectivity index (χ3v) is 9.39. The molecule has 0 unspecified atom stereocenters. The van der Waals surface area contributed by atoms with E-state index in [1.165, 1.54) is 0 Å². The van der Waals surface area contributed by atoms with Gasteiger partial charge in [0.2, 0.25) is 5.69 Å². The van der Waals surface area contributed by atoms with Gasteiger partial charge in [0.05, 0.1) is 18.0 Å². The molecule has 0 fully saturated rings. The number of hydrogen-bond donors (Lipinski definition) is 3. The second kappa shape index (κ2) is 14.2. The molecule has 0 atom stereocenters. The van der Waals surface area contributed by atoms with Crippen molar-refractivity contribution >= 4 is 63.5 Å². The van der Waals surface area contributed by atoms with Crippen LogP contribution >= 0.6 is 23.2 Å². The number of azo groups is 2. The molecular weight excluding hydrogens is 745 g/mol. The Labute approximate surface area is 322 Å². The number of halogens is 2. The Balaban J connectivity index is 1.23. The summed E-state index contributed by atoms with van der Waals surface area (Å²) < 4.78 is 5.37. The van der Waals surface area contributed by atoms with E-state index in [4.69, 9.17) is 41.2 Å². The van der Waals surface area contributed by atoms with Crippen LogP contribution in [0.4, 0.5) is 40.3 Å². The smallest absolute Gasteiger partial charge is 0.320 e. The van der Waals surface area contributed by atoms with Crippen molar-refractivity contribution in [3.05, 3.63) is 99.3 Å². The lowest BCUT2D eigenvalue weighted by molar-refractivity contribution is 0.423. The molecule has 0 aliphatic carbocycles. The first-order chi connectivity index (χ1) is 26.4. The van der Waals surface area contributed by atoms with Crippen LogP contribution in [-0.4, -0.2) is 48.8 Å². The van der Waals surface area contributed by atoms with E-state index >= 15 is 0 Å². The molecule has 18 nitrogen and oxygen atoms in total. The van der Waals surface area contributed by atoms with Crippen LogP contribution in [0.25, 0.3) is 39.0 Å². The van der Waals surface area contributed by atoms with Gasteiger partial charge in [-0.1, -0.05) is 83.9 Å². The van der Waals surface area contributed by atoms with E-state index in [0.29, 0.717) is 32.8 Å². The van der Waals surface area contributed by atoms with Crippen LogP contribution in [-0.2, 0) is 14.1 Å². The number of aromatic hydroxyl groups is 1. The molecule has 0 aliphatic rings. The van der Waals surface area contributed by atoms with E-state index in [0.717, 1.165) is 20.5 Å². The second-order valence-corrected chi connectivity index (χ2v) is 12.6. The zero-order valence-electron chi connectivity index (χ0n) is 29.3. The predicted molar refractivity (Wildman–Crippen MR) is 205 cm³/mol. The first-order valence-corrected chi connectivity index (χ1v) is 16.8. The number of benzene rings is 2. The predicted octanol–water partition coefficient (Wildman–Crippen LogP) is 8.30. The molecule has 0 bridgehead atoms. The van der Waals surface area contributed by atoms with Crippen LogP contribution in [0.15, 0.2) is 81.1 Å². The molecule has 0 saturated carbocycles. The van der Waals surface area contributed by atoms with Crippen LogP contribution in [0, 0.1) is 31.8 Å². The van der Waals surface area contributed by atoms with E-state index in [1.54, 1.807) is 37.1 Å². The van der Waals surface area contributed by atoms with Crippen molar-refractivity contribution in [2.75, 3.05) is 11.5 Å². The zero-order valence-corrected chi connectivity index (χ0v) is 30.9. The van der Waals surface area contributed by atoms with Crippen molar-refractivity contribution in [3.8, 4) is 46.2 Å². The SMILES string of the molecule is [C-]#[N+]c1c(-c2ccccc2)c(Cl)n(C)c1N=Nc1c(C)nn(-c2nc(O)nc(-n3nc(C)c(N=Nc4c(C#N)c(-c5ccccc5)c(Cl)n4C)c3N)n2)c1N. The van der Waals surface area contributed by atoms with Gasteiger partial charge in [-0.3, -0.25) is 0 Å². The van der Waals surface area contributed by atoms with Gasteiger partial charge in [-0.05, 0) is 25.0 Å². The Kier molecular flexibility index (Phi) is 9.28. The van der Waals surface area contributed by atoms with Gasteiger partial charge >= 0.3 is 6.01 Å². The number of nitriles is 1. The molecular formula is C35H27Cl2N17O. The Bertz CT molecular complexity index is 2600. The third-order valence-electron chi connectivity index (χ3n) is 8.50. The molecule has 5 heterocycles. The minimum Gasteiger partial charge on any atom is -0.479 e. The highest BCUT2D eigenvalue weighted by Crippen LogP contribution is 2.47. The molecule has 0 spiro atoms. The molecule has 5 N–H and O–H groups in total. The maximum absolute atomic E-state index is 10.6. The molecule has 2 aromatic carbocycles. The van der Waals surface area contributed by atoms with Crippen molar-refractivity contribution in [3.63, 3.8) is 0 Å². The van der Waals surface area contributed by atoms with Crippen LogP contribution in [0.2, 0.25) is 10.3 Å². The number of aryl methyl sites for hydroxylation is 2. The summed E-state index contributed by atoms with van der Waals surface area (Å²) in [4.78, 5) is 16.1. The minimum atomic E-state index is -0.689. The molecule has 0 saturated heterocycles. The Morgan fingerprint density at radius 1 is 0.727 bits per heavy atom. The number of nitrogen functional groups attached to an aromatic ring is 2. The molecule has 7 rings (SSSR count). The lowest BCUT2D eigenvalue weighted by atomic mass is 10.1. The number of rotatable bonds is 8. The summed E-state index contributed by atoms with van der Waals surface area (Å²) in [6.45, 7) is 11.1. The summed E-state index contributed by atoms with van der Waals surface area (Å²) in [5.41, 5.74) is 16.9. The first-order valence-electron chi connectivity index (χ1n) is 16.1. The number of hydrogen-bond acceptors (Lipinski definition) is 13. The van der Waals surface area contributed by atoms with Gasteiger partial charge in [-0.25, -0.2) is 4.85 Å². The highest BCUT2D eigenvalue weighted by molar-refractivity contribution is 6.34. The molecule has 7 aromatic rings. The zero-order chi connectivity index (χ0) is 39.1. The number of nitrogens with two attached hydrogens (primary N) is 2. The quantitative estimate of drug-likeness (QED) is 0.0993. The van der Waals surface area contributed by atoms with Crippen LogP contribution in [0.5, 0.6) is 6.01 Å². The fourth-order valence-corrected chi connectivity index (χ4v) is 6.36. The van der Waals surface area contributed by atoms with Crippen molar-refractivity contribution in [2.45, 2.75) is 13.8 Å². The van der Waals surface area contributed by atoms with Crippen LogP contribution in [0.1, 0.15) is 17.0 Å². The van der Waals surface area contributed by atoms with Crippen LogP contribution in [0.3, 0.4) is 0 Å². The molecule has 20 heteroatoms. The van der Waals surface area contributed by atoms with E-state index in [9.17, 15) is 10.4 Å². The summed E-state index contributed by atoms with van der Waals surface area (Å²) in [5.74, 6) is -0.0490. The monoisotopic (exact) mass is 771 g/mol. The summed E-state index contributed by atoms with van der Waals surface area (Å²) in [6, 6.07) is 20.0. The fourth-order valence-electron chi connectivity index (χ4n) is 5.80. The summed E-state index contributed by atoms with van der Waals surface area (Å²) in [7, 11) is 3.34. The van der Waals surface area contributed by atoms with E-state index in [1.807, 2.05) is 60.7 Å². The minimum absolute atomic E-state index is 0.0331. The number of anilines is 2. The molecule has 55 heavy (non-hydrogen) atoms. The number of aromatic nitrogens is 9. The van der Waals surface area contributed by atoms with Crippen molar-refractivity contribution < 1.29 is 5.11 Å². The fraction of sp³-hybridized carbons (Fsp3) is 0.114. The number of nitrogens with zero attached hydrogens (tertiary/aromatic N) is 15. The maximum atomic E-state index is 10.6. The summed E-state index contributed by atoms with van der Waals surface area (Å²) in [6.07, 6.45) is 0. The van der Waals surface area contributed by atoms with Gasteiger partial charge in [0.1, 0.15) is 21.9 Å². The van der Waals surface area contributed by atoms with Crippen molar-refractivity contribution in [1.82, 2.24) is 43.6 Å². The lowest BCUT2D eigenvalue weighted by Crippen LogP contribution is -2.13. The van der Waals surface area contributed by atoms with E-state index < -0.39 is 6.01 Å². The highest BCUT2D eigenvalue weighted by Gasteiger charge is 2.25. The summed E-state index contributed by atoms with van der Waals surface area (Å²) in [5, 5.41) is 47.4. The average molecular weight is 773 g/mol. The maximum Gasteiger partial charge on any atom is 0.320 e. The first kappa shape index (κ1) is 36.0. The van der Waals surface area contributed by atoms with Gasteiger partial charge in [0.25, 0.3) is 11.9 Å². The molecule has 0 radical (unpaired) electrons. The third kappa shape index (κ3) is 6.16. The largest absolute Gasteiger partial charge is 0.479 e. The average Bonchev–Trinajstić information content (AvgIpc) is 3.82. The van der Waals surface area contributed by atoms with E-state index in [2.05, 4.69) is 56.5 Å². The lowest BCUT2D eigenvalue weighted by Gasteiger charge is -2.06. The van der Waals surface area contributed by atoms with Crippen LogP contribution < -0.4 is 11.5 Å². The Morgan fingerprint density at radius 2 is 1.18 bits per heavy atom. The molecule has 0 amide bonds. The Morgan fingerprint density at radius 3 is 1.67 bits per heavy atom. The summed E-state index contributed by atoms with van der Waals surface area (Å²) >= 11 is 13.3. The Hall–Kier alpha value is -7.41. The topological polar surface area (TPSA) is 234 Å². The van der Waals surface area contributed by atoms with Crippen molar-refractivity contribution in [1.29, 1.82) is 5.26 Å². The molecule has 272 valence electrons. The highest BCUT2D eigenvalue weighted by atomic mass is 35.5. The van der Waals surface area contributed by atoms with Gasteiger partial charge < -0.3 is 25.7 Å². The van der Waals surface area contributed by atoms with Gasteiger partial charge in [0.15, 0.2) is 34.6 Å². The van der Waals surface area contributed by atoms with E-state index in [-0.39, 0.29) is 57.8 Å². The molecule has 5 aromatic heterocycles. The van der Waals surface area contributed by atoms with Gasteiger partial charge in [0, 0.05) is 25.2 Å². The van der Waals surface area contributed by atoms with Gasteiger partial charge in [-0.2, -0.15) is 39.8 Å².